The molecule has 0 N–H and O–H groups in total. The lowest BCUT2D eigenvalue weighted by molar-refractivity contribution is 0.0913. The van der Waals surface area contributed by atoms with Gasteiger partial charge in [0, 0.05) is 33.0 Å². The van der Waals surface area contributed by atoms with E-state index in [9.17, 15) is 9.59 Å². The second-order valence-electron chi connectivity index (χ2n) is 5.50. The summed E-state index contributed by atoms with van der Waals surface area (Å²) in [4.78, 5) is 26.2. The van der Waals surface area contributed by atoms with Gasteiger partial charge in [-0.2, -0.15) is 0 Å². The molecule has 0 saturated carbocycles. The zero-order valence-electron chi connectivity index (χ0n) is 13.6. The Bertz CT molecular complexity index is 865. The maximum atomic E-state index is 12.7. The molecule has 0 radical (unpaired) electrons. The highest BCUT2D eigenvalue weighted by atomic mass is 125. The number of halogens is 1. The van der Waals surface area contributed by atoms with Crippen molar-refractivity contribution in [1.82, 2.24) is 4.57 Å². The molecule has 0 amide bonds. The fraction of sp³-hybridized carbons (Fsp3) is 0.222. The summed E-state index contributed by atoms with van der Waals surface area (Å²) in [7, 11) is 3.24. The van der Waals surface area contributed by atoms with Crippen LogP contribution in [-0.4, -0.2) is 23.2 Å². The van der Waals surface area contributed by atoms with Crippen molar-refractivity contribution in [2.75, 3.05) is 7.11 Å². The van der Waals surface area contributed by atoms with E-state index in [0.717, 1.165) is 16.2 Å². The van der Waals surface area contributed by atoms with Gasteiger partial charge in [-0.1, -0.05) is 0 Å². The van der Waals surface area contributed by atoms with E-state index in [1.54, 1.807) is 11.8 Å². The summed E-state index contributed by atoms with van der Waals surface area (Å²) in [5.41, 5.74) is 2.77. The summed E-state index contributed by atoms with van der Waals surface area (Å²) >= 11 is 3.92. The zero-order chi connectivity index (χ0) is 17.4. The van der Waals surface area contributed by atoms with Crippen LogP contribution < -0.4 is 0 Å². The minimum atomic E-state index is -0.214. The largest absolute Gasteiger partial charge is 0.492 e. The molecule has 3 rings (SSSR count). The number of nitrogens with zero attached hydrogens (tertiary/aromatic N) is 1. The molecule has 2 aromatic rings. The molecule has 4 nitrogen and oxygen atoms in total. The first-order chi connectivity index (χ1) is 11.4. The zero-order valence-corrected chi connectivity index (χ0v) is 16.5. The molecule has 6 heteroatoms. The van der Waals surface area contributed by atoms with Crippen molar-refractivity contribution in [3.63, 3.8) is 0 Å². The van der Waals surface area contributed by atoms with Crippen LogP contribution in [0.4, 0.5) is 0 Å². The van der Waals surface area contributed by atoms with Gasteiger partial charge in [0.05, 0.1) is 12.7 Å². The van der Waals surface area contributed by atoms with Gasteiger partial charge in [0.15, 0.2) is 5.76 Å². The topological polar surface area (TPSA) is 48.3 Å². The summed E-state index contributed by atoms with van der Waals surface area (Å²) in [5.74, 6) is 0.344. The van der Waals surface area contributed by atoms with Crippen LogP contribution >= 0.6 is 34.4 Å². The van der Waals surface area contributed by atoms with Gasteiger partial charge in [-0.15, -0.1) is 11.8 Å². The smallest absolute Gasteiger partial charge is 0.230 e. The van der Waals surface area contributed by atoms with E-state index < -0.39 is 0 Å². The van der Waals surface area contributed by atoms with E-state index >= 15 is 0 Å². The summed E-state index contributed by atoms with van der Waals surface area (Å²) in [6.07, 6.45) is 1.28. The van der Waals surface area contributed by atoms with Crippen LogP contribution in [0.25, 0.3) is 0 Å². The molecule has 0 bridgehead atoms. The van der Waals surface area contributed by atoms with Gasteiger partial charge < -0.3 is 9.30 Å². The lowest BCUT2D eigenvalue weighted by atomic mass is 9.97. The maximum absolute atomic E-state index is 12.7. The Morgan fingerprint density at radius 2 is 1.88 bits per heavy atom. The number of allylic oxidation sites excluding steroid dienone is 2. The van der Waals surface area contributed by atoms with Gasteiger partial charge in [-0.3, -0.25) is 9.59 Å². The van der Waals surface area contributed by atoms with Crippen molar-refractivity contribution in [1.29, 1.82) is 0 Å². The quantitative estimate of drug-likeness (QED) is 0.518. The molecule has 0 aliphatic heterocycles. The van der Waals surface area contributed by atoms with Gasteiger partial charge >= 0.3 is 0 Å². The van der Waals surface area contributed by atoms with Crippen molar-refractivity contribution in [3.8, 4) is 0 Å². The standard InChI is InChI=1S/C18H16INO3S/c1-10-13(9-24-12-6-4-11(19)5-7-12)16-17(20(10)2)14(21)8-15(23-3)18(16)22/h4-8H,9H2,1-3H3/i19-2. The average molecular weight is 451 g/mol. The number of methoxy groups -OCH3 is 1. The maximum Gasteiger partial charge on any atom is 0.230 e. The van der Waals surface area contributed by atoms with Gasteiger partial charge in [0.2, 0.25) is 11.6 Å². The van der Waals surface area contributed by atoms with Gasteiger partial charge in [0.25, 0.3) is 0 Å². The fourth-order valence-electron chi connectivity index (χ4n) is 2.79. The van der Waals surface area contributed by atoms with Crippen molar-refractivity contribution < 1.29 is 14.3 Å². The van der Waals surface area contributed by atoms with Crippen LogP contribution in [0.3, 0.4) is 0 Å². The Labute approximate surface area is 158 Å². The molecule has 1 aromatic carbocycles. The molecule has 0 fully saturated rings. The van der Waals surface area contributed by atoms with Gasteiger partial charge in [-0.25, -0.2) is 0 Å². The number of ether oxygens (including phenoxy) is 1. The van der Waals surface area contributed by atoms with Gasteiger partial charge in [0.1, 0.15) is 5.69 Å². The van der Waals surface area contributed by atoms with Crippen LogP contribution in [-0.2, 0) is 17.5 Å². The number of ketones is 2. The van der Waals surface area contributed by atoms with Crippen molar-refractivity contribution in [3.05, 3.63) is 62.2 Å². The first-order valence-electron chi connectivity index (χ1n) is 7.35. The lowest BCUT2D eigenvalue weighted by Gasteiger charge is -2.13. The van der Waals surface area contributed by atoms with Crippen molar-refractivity contribution >= 4 is 45.9 Å². The van der Waals surface area contributed by atoms with Crippen LogP contribution in [0, 0.1) is 10.5 Å². The number of fused-ring (bicyclic) bond motifs is 1. The summed E-state index contributed by atoms with van der Waals surface area (Å²) in [6, 6.07) is 8.22. The second kappa shape index (κ2) is 6.76. The first-order valence-corrected chi connectivity index (χ1v) is 9.41. The Balaban J connectivity index is 1.98. The number of carbonyl (C=O) groups is 2. The predicted molar refractivity (Wildman–Crippen MR) is 103 cm³/mol. The molecule has 0 unspecified atom stereocenters. The van der Waals surface area contributed by atoms with Crippen LogP contribution in [0.5, 0.6) is 0 Å². The second-order valence-corrected chi connectivity index (χ2v) is 7.79. The Kier molecular flexibility index (Phi) is 4.87. The SMILES string of the molecule is COC1=CC(=O)c2c(c(CSc3ccc([125I])cc3)c(C)n2C)C1=O. The van der Waals surface area contributed by atoms with Crippen LogP contribution in [0.1, 0.15) is 32.1 Å². The van der Waals surface area contributed by atoms with E-state index in [-0.39, 0.29) is 17.3 Å². The number of Topliss-reactive ketones (excluding diaryl/α,β-unsaturated/α-hetero) is 1. The summed E-state index contributed by atoms with van der Waals surface area (Å²) in [5, 5.41) is 0. The van der Waals surface area contributed by atoms with Crippen LogP contribution in [0.15, 0.2) is 41.0 Å². The highest BCUT2D eigenvalue weighted by Crippen LogP contribution is 2.33. The molecular weight excluding hydrogens is 435 g/mol. The molecule has 0 atom stereocenters. The molecule has 1 aliphatic rings. The Morgan fingerprint density at radius 3 is 2.50 bits per heavy atom. The monoisotopic (exact) mass is 451 g/mol. The van der Waals surface area contributed by atoms with E-state index in [2.05, 4.69) is 46.9 Å². The number of thioether (sulfide) groups is 1. The molecule has 124 valence electrons. The number of carbonyl (C=O) groups excluding carboxylic acids is 2. The highest BCUT2D eigenvalue weighted by molar-refractivity contribution is 14.1. The number of hydrogen-bond acceptors (Lipinski definition) is 4. The lowest BCUT2D eigenvalue weighted by Crippen LogP contribution is -2.19. The average Bonchev–Trinajstić information content (AvgIpc) is 2.83. The van der Waals surface area contributed by atoms with Crippen LogP contribution in [0.2, 0.25) is 0 Å². The van der Waals surface area contributed by atoms with E-state index in [1.165, 1.54) is 16.8 Å². The Hall–Kier alpha value is -1.54. The fourth-order valence-corrected chi connectivity index (χ4v) is 4.14. The number of benzene rings is 1. The molecule has 0 saturated heterocycles. The minimum absolute atomic E-state index is 0.110. The molecule has 0 spiro atoms. The van der Waals surface area contributed by atoms with E-state index in [0.29, 0.717) is 17.0 Å². The summed E-state index contributed by atoms with van der Waals surface area (Å²) in [6.45, 7) is 1.94. The molecule has 1 aromatic heterocycles. The highest BCUT2D eigenvalue weighted by Gasteiger charge is 2.33. The number of hydrogen-bond donors (Lipinski definition) is 0. The first kappa shape index (κ1) is 17.3. The third-order valence-corrected chi connectivity index (χ3v) is 5.93. The third kappa shape index (κ3) is 2.93. The summed E-state index contributed by atoms with van der Waals surface area (Å²) < 4.78 is 8.07. The molecular formula is C18H16INO3S. The van der Waals surface area contributed by atoms with E-state index in [1.807, 2.05) is 18.5 Å². The molecule has 1 heterocycles. The third-order valence-electron chi connectivity index (χ3n) is 4.18. The minimum Gasteiger partial charge on any atom is -0.492 e. The normalized spacial score (nSPS) is 13.8. The molecule has 1 aliphatic carbocycles. The van der Waals surface area contributed by atoms with Gasteiger partial charge in [-0.05, 0) is 59.3 Å². The van der Waals surface area contributed by atoms with Crippen molar-refractivity contribution in [2.24, 2.45) is 7.05 Å². The molecule has 24 heavy (non-hydrogen) atoms. The number of aromatic nitrogens is 1. The van der Waals surface area contributed by atoms with E-state index in [4.69, 9.17) is 4.74 Å². The number of rotatable bonds is 4. The van der Waals surface area contributed by atoms with Crippen molar-refractivity contribution in [2.45, 2.75) is 17.6 Å². The Morgan fingerprint density at radius 1 is 1.21 bits per heavy atom. The predicted octanol–water partition coefficient (Wildman–Crippen LogP) is 4.14.